The standard InChI is InChI=1S/C13H14O2/c1-9-10(7-8-12(9)14)11-5-3-4-6-13(11)15-2/h3-6H,7-8H2,1-2H3. The van der Waals surface area contributed by atoms with Crippen LogP contribution in [0, 0.1) is 0 Å². The van der Waals surface area contributed by atoms with Crippen molar-refractivity contribution >= 4 is 11.4 Å². The molecule has 0 spiro atoms. The molecule has 0 radical (unpaired) electrons. The van der Waals surface area contributed by atoms with Crippen molar-refractivity contribution in [3.63, 3.8) is 0 Å². The summed E-state index contributed by atoms with van der Waals surface area (Å²) in [5, 5.41) is 0. The molecule has 0 saturated carbocycles. The third-order valence-corrected chi connectivity index (χ3v) is 2.91. The van der Waals surface area contributed by atoms with Gasteiger partial charge in [-0.25, -0.2) is 0 Å². The summed E-state index contributed by atoms with van der Waals surface area (Å²) >= 11 is 0. The van der Waals surface area contributed by atoms with Crippen molar-refractivity contribution < 1.29 is 9.53 Å². The Morgan fingerprint density at radius 1 is 1.20 bits per heavy atom. The zero-order valence-electron chi connectivity index (χ0n) is 9.04. The van der Waals surface area contributed by atoms with Crippen molar-refractivity contribution in [3.05, 3.63) is 35.4 Å². The van der Waals surface area contributed by atoms with Crippen molar-refractivity contribution in [2.24, 2.45) is 0 Å². The molecule has 2 rings (SSSR count). The quantitative estimate of drug-likeness (QED) is 0.737. The van der Waals surface area contributed by atoms with Crippen molar-refractivity contribution in [3.8, 4) is 5.75 Å². The minimum absolute atomic E-state index is 0.260. The number of carbonyl (C=O) groups is 1. The molecule has 1 aliphatic rings. The predicted octanol–water partition coefficient (Wildman–Crippen LogP) is 2.83. The van der Waals surface area contributed by atoms with Gasteiger partial charge in [-0.3, -0.25) is 4.79 Å². The van der Waals surface area contributed by atoms with E-state index in [1.165, 1.54) is 0 Å². The van der Waals surface area contributed by atoms with Gasteiger partial charge in [-0.15, -0.1) is 0 Å². The van der Waals surface area contributed by atoms with Crippen LogP contribution in [0.15, 0.2) is 29.8 Å². The molecule has 2 heteroatoms. The van der Waals surface area contributed by atoms with E-state index in [2.05, 4.69) is 0 Å². The summed E-state index contributed by atoms with van der Waals surface area (Å²) in [5.74, 6) is 1.11. The normalized spacial score (nSPS) is 16.0. The Morgan fingerprint density at radius 2 is 1.93 bits per heavy atom. The van der Waals surface area contributed by atoms with Gasteiger partial charge in [-0.05, 0) is 30.6 Å². The molecule has 1 aromatic rings. The van der Waals surface area contributed by atoms with Gasteiger partial charge >= 0.3 is 0 Å². The Bertz CT molecular complexity index is 430. The number of Topliss-reactive ketones (excluding diaryl/α,β-unsaturated/α-hetero) is 1. The van der Waals surface area contributed by atoms with Crippen molar-refractivity contribution in [2.75, 3.05) is 7.11 Å². The second-order valence-corrected chi connectivity index (χ2v) is 3.73. The second-order valence-electron chi connectivity index (χ2n) is 3.73. The van der Waals surface area contributed by atoms with Crippen LogP contribution in [0.25, 0.3) is 5.57 Å². The summed E-state index contributed by atoms with van der Waals surface area (Å²) in [4.78, 5) is 11.5. The number of carbonyl (C=O) groups excluding carboxylic acids is 1. The fraction of sp³-hybridized carbons (Fsp3) is 0.308. The largest absolute Gasteiger partial charge is 0.496 e. The minimum Gasteiger partial charge on any atom is -0.496 e. The first-order valence-electron chi connectivity index (χ1n) is 5.10. The van der Waals surface area contributed by atoms with Crippen molar-refractivity contribution in [1.82, 2.24) is 0 Å². The van der Waals surface area contributed by atoms with Gasteiger partial charge in [-0.1, -0.05) is 18.2 Å². The number of ketones is 1. The number of benzene rings is 1. The third kappa shape index (κ3) is 1.67. The SMILES string of the molecule is COc1ccccc1C1=C(C)C(=O)CC1. The first-order valence-corrected chi connectivity index (χ1v) is 5.10. The van der Waals surface area contributed by atoms with E-state index in [0.717, 1.165) is 28.9 Å². The van der Waals surface area contributed by atoms with Gasteiger partial charge in [-0.2, -0.15) is 0 Å². The maximum atomic E-state index is 11.5. The van der Waals surface area contributed by atoms with Gasteiger partial charge in [0.2, 0.25) is 0 Å². The van der Waals surface area contributed by atoms with E-state index in [4.69, 9.17) is 4.74 Å². The number of para-hydroxylation sites is 1. The summed E-state index contributed by atoms with van der Waals surface area (Å²) in [5.41, 5.74) is 3.08. The minimum atomic E-state index is 0.260. The Hall–Kier alpha value is -1.57. The van der Waals surface area contributed by atoms with Gasteiger partial charge in [0.1, 0.15) is 5.75 Å². The number of hydrogen-bond donors (Lipinski definition) is 0. The van der Waals surface area contributed by atoms with Crippen LogP contribution in [0.3, 0.4) is 0 Å². The topological polar surface area (TPSA) is 26.3 Å². The predicted molar refractivity (Wildman–Crippen MR) is 59.8 cm³/mol. The van der Waals surface area contributed by atoms with E-state index in [1.54, 1.807) is 7.11 Å². The highest BCUT2D eigenvalue weighted by Crippen LogP contribution is 2.35. The maximum Gasteiger partial charge on any atom is 0.159 e. The van der Waals surface area contributed by atoms with Crippen LogP contribution in [0.5, 0.6) is 5.75 Å². The van der Waals surface area contributed by atoms with Gasteiger partial charge in [0.15, 0.2) is 5.78 Å². The van der Waals surface area contributed by atoms with E-state index in [-0.39, 0.29) is 5.78 Å². The molecule has 1 aromatic carbocycles. The summed E-state index contributed by atoms with van der Waals surface area (Å²) in [6, 6.07) is 7.85. The van der Waals surface area contributed by atoms with E-state index in [9.17, 15) is 4.79 Å². The molecule has 2 nitrogen and oxygen atoms in total. The average molecular weight is 202 g/mol. The van der Waals surface area contributed by atoms with Crippen LogP contribution in [0.2, 0.25) is 0 Å². The fourth-order valence-corrected chi connectivity index (χ4v) is 2.01. The van der Waals surface area contributed by atoms with E-state index >= 15 is 0 Å². The average Bonchev–Trinajstić information content (AvgIpc) is 2.60. The van der Waals surface area contributed by atoms with Gasteiger partial charge in [0.05, 0.1) is 7.11 Å². The first kappa shape index (κ1) is 9.97. The monoisotopic (exact) mass is 202 g/mol. The third-order valence-electron chi connectivity index (χ3n) is 2.91. The Morgan fingerprint density at radius 3 is 2.53 bits per heavy atom. The molecule has 0 amide bonds. The number of ether oxygens (including phenoxy) is 1. The molecule has 0 unspecified atom stereocenters. The number of allylic oxidation sites excluding steroid dienone is 2. The molecular formula is C13H14O2. The van der Waals surface area contributed by atoms with Crippen molar-refractivity contribution in [2.45, 2.75) is 19.8 Å². The number of hydrogen-bond acceptors (Lipinski definition) is 2. The zero-order valence-corrected chi connectivity index (χ0v) is 9.04. The molecule has 0 heterocycles. The molecule has 0 aliphatic heterocycles. The molecular weight excluding hydrogens is 188 g/mol. The van der Waals surface area contributed by atoms with E-state index in [0.29, 0.717) is 6.42 Å². The first-order chi connectivity index (χ1) is 7.24. The number of methoxy groups -OCH3 is 1. The fourth-order valence-electron chi connectivity index (χ4n) is 2.01. The van der Waals surface area contributed by atoms with Crippen LogP contribution >= 0.6 is 0 Å². The molecule has 1 aliphatic carbocycles. The van der Waals surface area contributed by atoms with Crippen molar-refractivity contribution in [1.29, 1.82) is 0 Å². The highest BCUT2D eigenvalue weighted by atomic mass is 16.5. The molecule has 0 bridgehead atoms. The smallest absolute Gasteiger partial charge is 0.159 e. The molecule has 0 fully saturated rings. The lowest BCUT2D eigenvalue weighted by Gasteiger charge is -2.09. The lowest BCUT2D eigenvalue weighted by atomic mass is 10.0. The Kier molecular flexibility index (Phi) is 2.58. The summed E-state index contributed by atoms with van der Waals surface area (Å²) in [6.07, 6.45) is 1.48. The highest BCUT2D eigenvalue weighted by molar-refractivity contribution is 6.07. The summed E-state index contributed by atoms with van der Waals surface area (Å²) < 4.78 is 5.30. The maximum absolute atomic E-state index is 11.5. The van der Waals surface area contributed by atoms with Gasteiger partial charge in [0, 0.05) is 12.0 Å². The Balaban J connectivity index is 2.50. The van der Waals surface area contributed by atoms with Gasteiger partial charge < -0.3 is 4.74 Å². The van der Waals surface area contributed by atoms with Gasteiger partial charge in [0.25, 0.3) is 0 Å². The number of rotatable bonds is 2. The summed E-state index contributed by atoms with van der Waals surface area (Å²) in [7, 11) is 1.66. The molecule has 0 saturated heterocycles. The van der Waals surface area contributed by atoms with Crippen LogP contribution in [-0.4, -0.2) is 12.9 Å². The molecule has 78 valence electrons. The van der Waals surface area contributed by atoms with Crippen LogP contribution in [0.1, 0.15) is 25.3 Å². The van der Waals surface area contributed by atoms with Crippen LogP contribution in [0.4, 0.5) is 0 Å². The molecule has 0 atom stereocenters. The van der Waals surface area contributed by atoms with Crippen LogP contribution in [-0.2, 0) is 4.79 Å². The van der Waals surface area contributed by atoms with Crippen LogP contribution < -0.4 is 4.74 Å². The summed E-state index contributed by atoms with van der Waals surface area (Å²) in [6.45, 7) is 1.90. The lowest BCUT2D eigenvalue weighted by molar-refractivity contribution is -0.114. The Labute approximate surface area is 89.6 Å². The van der Waals surface area contributed by atoms with E-state index < -0.39 is 0 Å². The van der Waals surface area contributed by atoms with E-state index in [1.807, 2.05) is 31.2 Å². The second kappa shape index (κ2) is 3.89. The highest BCUT2D eigenvalue weighted by Gasteiger charge is 2.21. The molecule has 0 aromatic heterocycles. The molecule has 0 N–H and O–H groups in total. The molecule has 15 heavy (non-hydrogen) atoms. The zero-order chi connectivity index (χ0) is 10.8. The lowest BCUT2D eigenvalue weighted by Crippen LogP contribution is -1.92.